The van der Waals surface area contributed by atoms with Crippen molar-refractivity contribution < 1.29 is 14.7 Å². The van der Waals surface area contributed by atoms with Crippen LogP contribution in [0.1, 0.15) is 54.6 Å². The Kier molecular flexibility index (Phi) is 4.90. The zero-order valence-electron chi connectivity index (χ0n) is 12.0. The van der Waals surface area contributed by atoms with Crippen LogP contribution >= 0.6 is 0 Å². The molecule has 1 aliphatic rings. The monoisotopic (exact) mass is 291 g/mol. The molecule has 6 nitrogen and oxygen atoms in total. The summed E-state index contributed by atoms with van der Waals surface area (Å²) < 4.78 is 0. The number of nitrogens with one attached hydrogen (secondary N) is 1. The molecule has 1 amide bonds. The van der Waals surface area contributed by atoms with Crippen molar-refractivity contribution in [2.45, 2.75) is 50.6 Å². The van der Waals surface area contributed by atoms with E-state index in [0.717, 1.165) is 31.2 Å². The maximum atomic E-state index is 12.0. The summed E-state index contributed by atoms with van der Waals surface area (Å²) in [7, 11) is 0. The Morgan fingerprint density at radius 2 is 2.00 bits per heavy atom. The second kappa shape index (κ2) is 6.67. The number of carboxylic acid groups (broad SMARTS) is 1. The van der Waals surface area contributed by atoms with Crippen LogP contribution < -0.4 is 11.1 Å². The van der Waals surface area contributed by atoms with Gasteiger partial charge in [-0.25, -0.2) is 9.78 Å². The minimum Gasteiger partial charge on any atom is -0.477 e. The molecule has 0 radical (unpaired) electrons. The fraction of sp³-hybridized carbons (Fsp3) is 0.533. The quantitative estimate of drug-likeness (QED) is 0.761. The van der Waals surface area contributed by atoms with Gasteiger partial charge in [-0.3, -0.25) is 4.79 Å². The molecule has 21 heavy (non-hydrogen) atoms. The highest BCUT2D eigenvalue weighted by Crippen LogP contribution is 2.28. The van der Waals surface area contributed by atoms with Gasteiger partial charge in [0.15, 0.2) is 0 Å². The SMILES string of the molecule is NC1(CC(=O)NCc2ccc(C(=O)O)nc2)CCCCC1. The molecule has 1 aliphatic carbocycles. The summed E-state index contributed by atoms with van der Waals surface area (Å²) in [5, 5.41) is 11.6. The Bertz CT molecular complexity index is 507. The molecule has 0 atom stereocenters. The number of rotatable bonds is 5. The van der Waals surface area contributed by atoms with E-state index in [1.807, 2.05) is 0 Å². The molecule has 6 heteroatoms. The lowest BCUT2D eigenvalue weighted by Crippen LogP contribution is -2.45. The fourth-order valence-corrected chi connectivity index (χ4v) is 2.67. The average Bonchev–Trinajstić information content (AvgIpc) is 2.46. The van der Waals surface area contributed by atoms with Crippen molar-refractivity contribution in [2.24, 2.45) is 5.73 Å². The van der Waals surface area contributed by atoms with Crippen LogP contribution in [0.3, 0.4) is 0 Å². The minimum absolute atomic E-state index is 0.00630. The minimum atomic E-state index is -1.06. The first-order valence-electron chi connectivity index (χ1n) is 7.22. The zero-order valence-corrected chi connectivity index (χ0v) is 12.0. The van der Waals surface area contributed by atoms with Gasteiger partial charge < -0.3 is 16.2 Å². The molecule has 0 unspecified atom stereocenters. The van der Waals surface area contributed by atoms with Gasteiger partial charge in [0, 0.05) is 24.7 Å². The number of carbonyl (C=O) groups is 2. The first kappa shape index (κ1) is 15.4. The molecule has 2 rings (SSSR count). The summed E-state index contributed by atoms with van der Waals surface area (Å²) in [6.07, 6.45) is 6.97. The lowest BCUT2D eigenvalue weighted by atomic mass is 9.80. The van der Waals surface area contributed by atoms with Gasteiger partial charge in [-0.1, -0.05) is 25.3 Å². The van der Waals surface area contributed by atoms with Crippen molar-refractivity contribution in [3.8, 4) is 0 Å². The fourth-order valence-electron chi connectivity index (χ4n) is 2.67. The number of nitrogens with zero attached hydrogens (tertiary/aromatic N) is 1. The van der Waals surface area contributed by atoms with E-state index < -0.39 is 5.97 Å². The van der Waals surface area contributed by atoms with E-state index in [-0.39, 0.29) is 17.1 Å². The van der Waals surface area contributed by atoms with Crippen LogP contribution in [-0.2, 0) is 11.3 Å². The lowest BCUT2D eigenvalue weighted by molar-refractivity contribution is -0.122. The third-order valence-corrected chi connectivity index (χ3v) is 3.90. The Morgan fingerprint density at radius 3 is 2.57 bits per heavy atom. The van der Waals surface area contributed by atoms with Crippen LogP contribution in [0.5, 0.6) is 0 Å². The zero-order chi connectivity index (χ0) is 15.3. The molecule has 1 aromatic rings. The van der Waals surface area contributed by atoms with Crippen molar-refractivity contribution in [2.75, 3.05) is 0 Å². The van der Waals surface area contributed by atoms with Crippen LogP contribution in [-0.4, -0.2) is 27.5 Å². The summed E-state index contributed by atoms with van der Waals surface area (Å²) in [4.78, 5) is 26.5. The molecule has 1 heterocycles. The second-order valence-corrected chi connectivity index (χ2v) is 5.73. The van der Waals surface area contributed by atoms with Crippen molar-refractivity contribution in [1.29, 1.82) is 0 Å². The highest BCUT2D eigenvalue weighted by molar-refractivity contribution is 5.85. The van der Waals surface area contributed by atoms with E-state index in [4.69, 9.17) is 10.8 Å². The summed E-state index contributed by atoms with van der Waals surface area (Å²) in [6.45, 7) is 0.335. The molecule has 1 fully saturated rings. The van der Waals surface area contributed by atoms with E-state index in [0.29, 0.717) is 13.0 Å². The Labute approximate surface area is 123 Å². The predicted molar refractivity (Wildman–Crippen MR) is 77.7 cm³/mol. The molecule has 0 aromatic carbocycles. The molecule has 1 saturated carbocycles. The number of hydrogen-bond donors (Lipinski definition) is 3. The molecular formula is C15H21N3O3. The number of nitrogens with two attached hydrogens (primary N) is 1. The van der Waals surface area contributed by atoms with Gasteiger partial charge >= 0.3 is 5.97 Å². The molecule has 0 spiro atoms. The average molecular weight is 291 g/mol. The third-order valence-electron chi connectivity index (χ3n) is 3.90. The maximum absolute atomic E-state index is 12.0. The molecule has 0 aliphatic heterocycles. The molecule has 0 saturated heterocycles. The molecular weight excluding hydrogens is 270 g/mol. The number of carbonyl (C=O) groups excluding carboxylic acids is 1. The number of hydrogen-bond acceptors (Lipinski definition) is 4. The second-order valence-electron chi connectivity index (χ2n) is 5.73. The van der Waals surface area contributed by atoms with E-state index >= 15 is 0 Å². The molecule has 114 valence electrons. The van der Waals surface area contributed by atoms with Crippen LogP contribution in [0.4, 0.5) is 0 Å². The van der Waals surface area contributed by atoms with Gasteiger partial charge in [-0.05, 0) is 24.5 Å². The first-order valence-corrected chi connectivity index (χ1v) is 7.22. The van der Waals surface area contributed by atoms with Crippen LogP contribution in [0.15, 0.2) is 18.3 Å². The lowest BCUT2D eigenvalue weighted by Gasteiger charge is -2.32. The topological polar surface area (TPSA) is 105 Å². The molecule has 0 bridgehead atoms. The van der Waals surface area contributed by atoms with Gasteiger partial charge in [-0.15, -0.1) is 0 Å². The smallest absolute Gasteiger partial charge is 0.354 e. The predicted octanol–water partition coefficient (Wildman–Crippen LogP) is 1.45. The normalized spacial score (nSPS) is 17.2. The third kappa shape index (κ3) is 4.53. The number of aromatic carboxylic acids is 1. The van der Waals surface area contributed by atoms with Crippen molar-refractivity contribution in [3.05, 3.63) is 29.6 Å². The van der Waals surface area contributed by atoms with Gasteiger partial charge in [0.05, 0.1) is 0 Å². The van der Waals surface area contributed by atoms with Crippen LogP contribution in [0.2, 0.25) is 0 Å². The highest BCUT2D eigenvalue weighted by atomic mass is 16.4. The summed E-state index contributed by atoms with van der Waals surface area (Å²) in [5.41, 5.74) is 6.64. The molecule has 1 aromatic heterocycles. The van der Waals surface area contributed by atoms with E-state index in [1.54, 1.807) is 6.07 Å². The van der Waals surface area contributed by atoms with Crippen molar-refractivity contribution >= 4 is 11.9 Å². The van der Waals surface area contributed by atoms with Gasteiger partial charge in [0.1, 0.15) is 5.69 Å². The van der Waals surface area contributed by atoms with Crippen molar-refractivity contribution in [3.63, 3.8) is 0 Å². The largest absolute Gasteiger partial charge is 0.477 e. The van der Waals surface area contributed by atoms with Gasteiger partial charge in [0.2, 0.25) is 5.91 Å². The maximum Gasteiger partial charge on any atom is 0.354 e. The number of aromatic nitrogens is 1. The van der Waals surface area contributed by atoms with E-state index in [9.17, 15) is 9.59 Å². The summed E-state index contributed by atoms with van der Waals surface area (Å²) in [6, 6.07) is 3.07. The van der Waals surface area contributed by atoms with Crippen molar-refractivity contribution in [1.82, 2.24) is 10.3 Å². The van der Waals surface area contributed by atoms with E-state index in [2.05, 4.69) is 10.3 Å². The Hall–Kier alpha value is -1.95. The van der Waals surface area contributed by atoms with E-state index in [1.165, 1.54) is 18.7 Å². The standard InChI is InChI=1S/C15H21N3O3/c16-15(6-2-1-3-7-15)8-13(19)18-10-11-4-5-12(14(20)21)17-9-11/h4-5,9H,1-3,6-8,10,16H2,(H,18,19)(H,20,21). The number of pyridine rings is 1. The summed E-state index contributed by atoms with van der Waals surface area (Å²) >= 11 is 0. The van der Waals surface area contributed by atoms with Gasteiger partial charge in [-0.2, -0.15) is 0 Å². The molecule has 4 N–H and O–H groups in total. The number of amides is 1. The Morgan fingerprint density at radius 1 is 1.29 bits per heavy atom. The van der Waals surface area contributed by atoms with Crippen LogP contribution in [0.25, 0.3) is 0 Å². The first-order chi connectivity index (χ1) is 9.98. The van der Waals surface area contributed by atoms with Gasteiger partial charge in [0.25, 0.3) is 0 Å². The highest BCUT2D eigenvalue weighted by Gasteiger charge is 2.29. The van der Waals surface area contributed by atoms with Crippen LogP contribution in [0, 0.1) is 0 Å². The number of carboxylic acids is 1. The Balaban J connectivity index is 1.82. The summed E-state index contributed by atoms with van der Waals surface area (Å²) in [5.74, 6) is -1.13.